The number of ether oxygens (including phenoxy) is 6. The number of hydrogen-bond donors (Lipinski definition) is 4. The van der Waals surface area contributed by atoms with E-state index in [9.17, 15) is 24.9 Å². The lowest BCUT2D eigenvalue weighted by atomic mass is 9.96. The first-order valence-corrected chi connectivity index (χ1v) is 12.4. The van der Waals surface area contributed by atoms with Gasteiger partial charge in [0.2, 0.25) is 0 Å². The van der Waals surface area contributed by atoms with Gasteiger partial charge in [0, 0.05) is 12.7 Å². The van der Waals surface area contributed by atoms with Crippen LogP contribution >= 0.6 is 11.6 Å². The highest BCUT2D eigenvalue weighted by Gasteiger charge is 2.45. The number of amides is 1. The molecule has 0 unspecified atom stereocenters. The minimum atomic E-state index is -1.47. The van der Waals surface area contributed by atoms with Crippen LogP contribution in [0.5, 0.6) is 17.2 Å². The van der Waals surface area contributed by atoms with E-state index in [1.807, 2.05) is 0 Å². The minimum Gasteiger partial charge on any atom is -0.493 e. The molecular weight excluding hydrogens is 538 g/mol. The largest absolute Gasteiger partial charge is 0.493 e. The second-order valence-corrected chi connectivity index (χ2v) is 8.87. The Kier molecular flexibility index (Phi) is 11.2. The number of benzene rings is 2. The summed E-state index contributed by atoms with van der Waals surface area (Å²) in [4.78, 5) is 24.5. The fourth-order valence-electron chi connectivity index (χ4n) is 3.89. The molecule has 2 aromatic rings. The molecule has 0 bridgehead atoms. The Morgan fingerprint density at radius 1 is 1.10 bits per heavy atom. The van der Waals surface area contributed by atoms with Gasteiger partial charge in [-0.3, -0.25) is 4.79 Å². The fraction of sp³-hybridized carbons (Fsp3) is 0.462. The van der Waals surface area contributed by atoms with Gasteiger partial charge in [-0.15, -0.1) is 0 Å². The maximum atomic E-state index is 13.0. The van der Waals surface area contributed by atoms with E-state index in [1.54, 1.807) is 31.2 Å². The van der Waals surface area contributed by atoms with E-state index in [0.29, 0.717) is 11.3 Å². The maximum Gasteiger partial charge on any atom is 0.344 e. The van der Waals surface area contributed by atoms with Crippen molar-refractivity contribution in [3.63, 3.8) is 0 Å². The van der Waals surface area contributed by atoms with Crippen LogP contribution in [0, 0.1) is 0 Å². The molecule has 1 aliphatic heterocycles. The Balaban J connectivity index is 1.70. The van der Waals surface area contributed by atoms with Crippen LogP contribution in [0.15, 0.2) is 36.4 Å². The summed E-state index contributed by atoms with van der Waals surface area (Å²) in [6.07, 6.45) is -5.12. The highest BCUT2D eigenvalue weighted by atomic mass is 35.5. The third-order valence-electron chi connectivity index (χ3n) is 5.85. The topological polar surface area (TPSA) is 162 Å². The first-order valence-electron chi connectivity index (χ1n) is 12.1. The highest BCUT2D eigenvalue weighted by Crippen LogP contribution is 2.37. The van der Waals surface area contributed by atoms with Crippen molar-refractivity contribution < 1.29 is 53.3 Å². The second-order valence-electron chi connectivity index (χ2n) is 8.46. The molecule has 1 amide bonds. The fourth-order valence-corrected chi connectivity index (χ4v) is 4.15. The zero-order chi connectivity index (χ0) is 28.5. The van der Waals surface area contributed by atoms with E-state index in [-0.39, 0.29) is 41.9 Å². The third-order valence-corrected chi connectivity index (χ3v) is 6.13. The zero-order valence-electron chi connectivity index (χ0n) is 21.7. The quantitative estimate of drug-likeness (QED) is 0.270. The van der Waals surface area contributed by atoms with Gasteiger partial charge < -0.3 is 49.1 Å². The van der Waals surface area contributed by atoms with Gasteiger partial charge in [0.25, 0.3) is 5.91 Å². The molecule has 2 aromatic carbocycles. The van der Waals surface area contributed by atoms with Crippen molar-refractivity contribution in [1.29, 1.82) is 0 Å². The molecule has 0 saturated carbocycles. The molecule has 214 valence electrons. The Labute approximate surface area is 230 Å². The number of aliphatic hydroxyl groups excluding tert-OH is 3. The molecule has 0 aromatic heterocycles. The molecule has 1 heterocycles. The molecule has 39 heavy (non-hydrogen) atoms. The molecule has 0 aliphatic carbocycles. The van der Waals surface area contributed by atoms with E-state index >= 15 is 0 Å². The summed E-state index contributed by atoms with van der Waals surface area (Å²) in [6.45, 7) is 1.27. The molecule has 3 rings (SSSR count). The first kappa shape index (κ1) is 30.4. The number of carbonyl (C=O) groups excluding carboxylic acids is 2. The summed E-state index contributed by atoms with van der Waals surface area (Å²) in [5.74, 6) is -0.323. The summed E-state index contributed by atoms with van der Waals surface area (Å²) in [6, 6.07) is 8.54. The SMILES string of the molecule is CCOC(=O)COc1cccc(COc2c(Cl)cc(C(=O)N[C@H]3[C@@H](OC)O[C@H](CO)[C@@H](O)[C@@H]3O)cc2OC)c1. The van der Waals surface area contributed by atoms with Crippen molar-refractivity contribution in [3.8, 4) is 17.2 Å². The number of nitrogens with one attached hydrogen (secondary N) is 1. The van der Waals surface area contributed by atoms with Crippen LogP contribution in [0.2, 0.25) is 5.02 Å². The Hall–Kier alpha value is -3.13. The summed E-state index contributed by atoms with van der Waals surface area (Å²) in [7, 11) is 2.69. The van der Waals surface area contributed by atoms with Gasteiger partial charge in [-0.25, -0.2) is 4.79 Å². The number of methoxy groups -OCH3 is 2. The molecule has 12 nitrogen and oxygen atoms in total. The normalized spacial score (nSPS) is 22.6. The standard InChI is InChI=1S/C26H32ClNO11/c1-4-36-20(30)13-37-16-7-5-6-14(8-16)12-38-24-17(27)9-15(10-18(24)34-2)25(33)28-21-23(32)22(31)19(11-29)39-26(21)35-3/h5-10,19,21-23,26,29,31-32H,4,11-13H2,1-3H3,(H,28,33)/t19-,21-,22-,23-,26+/m1/s1. The Bertz CT molecular complexity index is 1130. The van der Waals surface area contributed by atoms with Gasteiger partial charge in [-0.1, -0.05) is 23.7 Å². The Morgan fingerprint density at radius 2 is 1.87 bits per heavy atom. The molecule has 4 N–H and O–H groups in total. The Morgan fingerprint density at radius 3 is 2.54 bits per heavy atom. The molecular formula is C26H32ClNO11. The van der Waals surface area contributed by atoms with Crippen LogP contribution in [0.3, 0.4) is 0 Å². The number of carbonyl (C=O) groups is 2. The monoisotopic (exact) mass is 569 g/mol. The van der Waals surface area contributed by atoms with Gasteiger partial charge in [-0.05, 0) is 36.8 Å². The molecule has 1 saturated heterocycles. The molecule has 1 aliphatic rings. The van der Waals surface area contributed by atoms with Gasteiger partial charge in [-0.2, -0.15) is 0 Å². The van der Waals surface area contributed by atoms with Crippen molar-refractivity contribution in [1.82, 2.24) is 5.32 Å². The van der Waals surface area contributed by atoms with Crippen molar-refractivity contribution in [2.45, 2.75) is 44.2 Å². The van der Waals surface area contributed by atoms with Crippen LogP contribution in [-0.4, -0.2) is 91.9 Å². The van der Waals surface area contributed by atoms with Crippen molar-refractivity contribution >= 4 is 23.5 Å². The lowest BCUT2D eigenvalue weighted by molar-refractivity contribution is -0.261. The summed E-state index contributed by atoms with van der Waals surface area (Å²) >= 11 is 6.43. The van der Waals surface area contributed by atoms with E-state index in [1.165, 1.54) is 26.4 Å². The van der Waals surface area contributed by atoms with E-state index in [4.69, 9.17) is 40.0 Å². The van der Waals surface area contributed by atoms with E-state index < -0.39 is 49.1 Å². The van der Waals surface area contributed by atoms with Crippen molar-refractivity contribution in [2.24, 2.45) is 0 Å². The average molecular weight is 570 g/mol. The number of aliphatic hydroxyl groups is 3. The van der Waals surface area contributed by atoms with Gasteiger partial charge in [0.05, 0.1) is 25.3 Å². The van der Waals surface area contributed by atoms with E-state index in [2.05, 4.69) is 5.32 Å². The predicted molar refractivity (Wildman–Crippen MR) is 137 cm³/mol. The summed E-state index contributed by atoms with van der Waals surface area (Å²) in [5, 5.41) is 32.7. The minimum absolute atomic E-state index is 0.0727. The van der Waals surface area contributed by atoms with Gasteiger partial charge >= 0.3 is 5.97 Å². The van der Waals surface area contributed by atoms with Crippen LogP contribution in [0.25, 0.3) is 0 Å². The summed E-state index contributed by atoms with van der Waals surface area (Å²) in [5.41, 5.74) is 0.798. The lowest BCUT2D eigenvalue weighted by Crippen LogP contribution is -2.64. The second kappa shape index (κ2) is 14.3. The van der Waals surface area contributed by atoms with E-state index in [0.717, 1.165) is 0 Å². The number of esters is 1. The summed E-state index contributed by atoms with van der Waals surface area (Å²) < 4.78 is 32.1. The van der Waals surface area contributed by atoms with Crippen LogP contribution in [-0.2, 0) is 25.6 Å². The van der Waals surface area contributed by atoms with Gasteiger partial charge in [0.1, 0.15) is 36.7 Å². The predicted octanol–water partition coefficient (Wildman–Crippen LogP) is 1.05. The van der Waals surface area contributed by atoms with Crippen molar-refractivity contribution in [2.75, 3.05) is 34.0 Å². The molecule has 0 spiro atoms. The average Bonchev–Trinajstić information content (AvgIpc) is 2.93. The molecule has 13 heteroatoms. The molecule has 0 radical (unpaired) electrons. The number of rotatable bonds is 12. The van der Waals surface area contributed by atoms with Crippen LogP contribution in [0.1, 0.15) is 22.8 Å². The number of halogens is 1. The van der Waals surface area contributed by atoms with Crippen LogP contribution < -0.4 is 19.5 Å². The third kappa shape index (κ3) is 7.72. The van der Waals surface area contributed by atoms with Crippen LogP contribution in [0.4, 0.5) is 0 Å². The van der Waals surface area contributed by atoms with Crippen molar-refractivity contribution in [3.05, 3.63) is 52.5 Å². The first-order chi connectivity index (χ1) is 18.7. The smallest absolute Gasteiger partial charge is 0.344 e. The molecule has 1 fully saturated rings. The maximum absolute atomic E-state index is 13.0. The van der Waals surface area contributed by atoms with Gasteiger partial charge in [0.15, 0.2) is 24.4 Å². The number of hydrogen-bond acceptors (Lipinski definition) is 11. The lowest BCUT2D eigenvalue weighted by Gasteiger charge is -2.41. The molecule has 5 atom stereocenters. The highest BCUT2D eigenvalue weighted by molar-refractivity contribution is 6.32. The zero-order valence-corrected chi connectivity index (χ0v) is 22.4.